The monoisotopic (exact) mass is 371 g/mol. The molecule has 0 spiro atoms. The first kappa shape index (κ1) is 18.0. The zero-order valence-electron chi connectivity index (χ0n) is 15.7. The van der Waals surface area contributed by atoms with E-state index >= 15 is 0 Å². The molecule has 28 heavy (non-hydrogen) atoms. The summed E-state index contributed by atoms with van der Waals surface area (Å²) in [4.78, 5) is 30.1. The minimum atomic E-state index is -0.0762. The minimum absolute atomic E-state index is 0.00274. The zero-order valence-corrected chi connectivity index (χ0v) is 15.7. The molecule has 0 saturated carbocycles. The third kappa shape index (κ3) is 3.29. The van der Waals surface area contributed by atoms with Gasteiger partial charge in [0.1, 0.15) is 0 Å². The summed E-state index contributed by atoms with van der Waals surface area (Å²) in [7, 11) is 0. The average molecular weight is 371 g/mol. The molecule has 0 bridgehead atoms. The Morgan fingerprint density at radius 1 is 1.21 bits per heavy atom. The van der Waals surface area contributed by atoms with Crippen molar-refractivity contribution >= 4 is 16.8 Å². The molecular formula is C23H21N3O2. The van der Waals surface area contributed by atoms with Crippen molar-refractivity contribution in [3.8, 4) is 17.2 Å². The molecule has 0 aliphatic carbocycles. The Hall–Kier alpha value is -3.39. The zero-order chi connectivity index (χ0) is 19.7. The molecule has 1 aliphatic heterocycles. The molecule has 140 valence electrons. The maximum Gasteiger partial charge on any atom is 0.253 e. The van der Waals surface area contributed by atoms with Crippen molar-refractivity contribution in [2.45, 2.75) is 19.8 Å². The van der Waals surface area contributed by atoms with Crippen LogP contribution in [0.15, 0.2) is 53.3 Å². The summed E-state index contributed by atoms with van der Waals surface area (Å²) in [6.07, 6.45) is 1.72. The van der Waals surface area contributed by atoms with Gasteiger partial charge in [-0.25, -0.2) is 0 Å². The number of carbonyl (C=O) groups is 1. The van der Waals surface area contributed by atoms with Crippen LogP contribution in [0.3, 0.4) is 0 Å². The number of aryl methyl sites for hydroxylation is 1. The summed E-state index contributed by atoms with van der Waals surface area (Å²) >= 11 is 0. The number of hydrogen-bond acceptors (Lipinski definition) is 3. The predicted octanol–water partition coefficient (Wildman–Crippen LogP) is 3.88. The number of benzene rings is 2. The molecule has 1 saturated heterocycles. The van der Waals surface area contributed by atoms with E-state index in [0.29, 0.717) is 24.0 Å². The van der Waals surface area contributed by atoms with Crippen molar-refractivity contribution < 1.29 is 4.79 Å². The fourth-order valence-electron chi connectivity index (χ4n) is 3.88. The molecule has 3 aromatic rings. The van der Waals surface area contributed by atoms with E-state index in [-0.39, 0.29) is 17.3 Å². The fraction of sp³-hybridized carbons (Fsp3) is 0.261. The van der Waals surface area contributed by atoms with Gasteiger partial charge in [-0.2, -0.15) is 5.26 Å². The van der Waals surface area contributed by atoms with Gasteiger partial charge in [-0.3, -0.25) is 9.59 Å². The normalized spacial score (nSPS) is 16.7. The SMILES string of the molecule is Cc1cc(=O)c2cccc(-c3ccc(C(=O)N4CCCC(C#N)C4)cc3)c2[nH]1. The molecule has 1 amide bonds. The van der Waals surface area contributed by atoms with E-state index in [1.807, 2.05) is 49.4 Å². The topological polar surface area (TPSA) is 77.0 Å². The molecule has 1 atom stereocenters. The summed E-state index contributed by atoms with van der Waals surface area (Å²) in [5.74, 6) is -0.110. The summed E-state index contributed by atoms with van der Waals surface area (Å²) < 4.78 is 0. The van der Waals surface area contributed by atoms with E-state index < -0.39 is 0 Å². The van der Waals surface area contributed by atoms with Gasteiger partial charge in [-0.15, -0.1) is 0 Å². The van der Waals surface area contributed by atoms with Crippen LogP contribution in [0.5, 0.6) is 0 Å². The lowest BCUT2D eigenvalue weighted by atomic mass is 9.98. The molecule has 5 nitrogen and oxygen atoms in total. The lowest BCUT2D eigenvalue weighted by Crippen LogP contribution is -2.39. The van der Waals surface area contributed by atoms with Gasteiger partial charge in [0.25, 0.3) is 5.91 Å². The van der Waals surface area contributed by atoms with E-state index in [0.717, 1.165) is 35.2 Å². The highest BCUT2D eigenvalue weighted by Crippen LogP contribution is 2.27. The van der Waals surface area contributed by atoms with E-state index in [4.69, 9.17) is 5.26 Å². The molecule has 1 aliphatic rings. The number of aromatic nitrogens is 1. The second-order valence-corrected chi connectivity index (χ2v) is 7.34. The van der Waals surface area contributed by atoms with Gasteiger partial charge in [0, 0.05) is 41.4 Å². The second kappa shape index (κ2) is 7.32. The Morgan fingerprint density at radius 2 is 2.00 bits per heavy atom. The number of piperidine rings is 1. The third-order valence-electron chi connectivity index (χ3n) is 5.33. The van der Waals surface area contributed by atoms with Gasteiger partial charge in [0.2, 0.25) is 0 Å². The van der Waals surface area contributed by atoms with Crippen LogP contribution in [0, 0.1) is 24.2 Å². The van der Waals surface area contributed by atoms with Crippen molar-refractivity contribution in [3.63, 3.8) is 0 Å². The highest BCUT2D eigenvalue weighted by Gasteiger charge is 2.24. The highest BCUT2D eigenvalue weighted by atomic mass is 16.2. The summed E-state index contributed by atoms with van der Waals surface area (Å²) in [6.45, 7) is 3.07. The highest BCUT2D eigenvalue weighted by molar-refractivity contribution is 5.97. The average Bonchev–Trinajstić information content (AvgIpc) is 2.73. The van der Waals surface area contributed by atoms with Crippen molar-refractivity contribution in [2.75, 3.05) is 13.1 Å². The maximum absolute atomic E-state index is 12.8. The Kier molecular flexibility index (Phi) is 4.70. The standard InChI is InChI=1S/C23H21N3O2/c1-15-12-21(27)20-6-2-5-19(22(20)25-15)17-7-9-18(10-8-17)23(28)26-11-3-4-16(13-24)14-26/h2,5-10,12,16H,3-4,11,14H2,1H3,(H,25,27). The van der Waals surface area contributed by atoms with E-state index in [2.05, 4.69) is 11.1 Å². The summed E-state index contributed by atoms with van der Waals surface area (Å²) in [5, 5.41) is 9.79. The number of amides is 1. The number of likely N-dealkylation sites (tertiary alicyclic amines) is 1. The van der Waals surface area contributed by atoms with Crippen molar-refractivity contribution in [2.24, 2.45) is 5.92 Å². The Labute approximate surface area is 163 Å². The lowest BCUT2D eigenvalue weighted by Gasteiger charge is -2.29. The first-order valence-electron chi connectivity index (χ1n) is 9.49. The fourth-order valence-corrected chi connectivity index (χ4v) is 3.88. The molecule has 5 heteroatoms. The Balaban J connectivity index is 1.66. The Bertz CT molecular complexity index is 1140. The number of aromatic amines is 1. The van der Waals surface area contributed by atoms with Crippen molar-refractivity contribution in [1.29, 1.82) is 5.26 Å². The molecular weight excluding hydrogens is 350 g/mol. The Morgan fingerprint density at radius 3 is 2.75 bits per heavy atom. The van der Waals surface area contributed by atoms with E-state index in [1.54, 1.807) is 11.0 Å². The number of fused-ring (bicyclic) bond motifs is 1. The van der Waals surface area contributed by atoms with Gasteiger partial charge in [-0.1, -0.05) is 24.3 Å². The molecule has 2 heterocycles. The first-order chi connectivity index (χ1) is 13.6. The largest absolute Gasteiger partial charge is 0.358 e. The third-order valence-corrected chi connectivity index (χ3v) is 5.33. The summed E-state index contributed by atoms with van der Waals surface area (Å²) in [6, 6.07) is 17.0. The van der Waals surface area contributed by atoms with Gasteiger partial charge >= 0.3 is 0 Å². The number of para-hydroxylation sites is 1. The number of hydrogen-bond donors (Lipinski definition) is 1. The number of nitriles is 1. The van der Waals surface area contributed by atoms with E-state index in [9.17, 15) is 9.59 Å². The molecule has 2 aromatic carbocycles. The van der Waals surface area contributed by atoms with Crippen LogP contribution in [-0.4, -0.2) is 28.9 Å². The van der Waals surface area contributed by atoms with Gasteiger partial charge in [0.05, 0.1) is 17.5 Å². The van der Waals surface area contributed by atoms with Gasteiger partial charge < -0.3 is 9.88 Å². The van der Waals surface area contributed by atoms with Crippen LogP contribution in [0.25, 0.3) is 22.0 Å². The molecule has 4 rings (SSSR count). The number of carbonyl (C=O) groups excluding carboxylic acids is 1. The number of nitrogens with one attached hydrogen (secondary N) is 1. The van der Waals surface area contributed by atoms with Crippen LogP contribution in [0.1, 0.15) is 28.9 Å². The van der Waals surface area contributed by atoms with Crippen LogP contribution in [0.2, 0.25) is 0 Å². The number of pyridine rings is 1. The lowest BCUT2D eigenvalue weighted by molar-refractivity contribution is 0.0699. The molecule has 1 N–H and O–H groups in total. The van der Waals surface area contributed by atoms with Crippen LogP contribution >= 0.6 is 0 Å². The molecule has 1 fully saturated rings. The van der Waals surface area contributed by atoms with Gasteiger partial charge in [-0.05, 0) is 43.5 Å². The van der Waals surface area contributed by atoms with Crippen LogP contribution < -0.4 is 5.43 Å². The maximum atomic E-state index is 12.8. The van der Waals surface area contributed by atoms with Crippen molar-refractivity contribution in [3.05, 3.63) is 70.0 Å². The van der Waals surface area contributed by atoms with Crippen molar-refractivity contribution in [1.82, 2.24) is 9.88 Å². The minimum Gasteiger partial charge on any atom is -0.358 e. The molecule has 1 unspecified atom stereocenters. The quantitative estimate of drug-likeness (QED) is 0.743. The predicted molar refractivity (Wildman–Crippen MR) is 109 cm³/mol. The smallest absolute Gasteiger partial charge is 0.253 e. The second-order valence-electron chi connectivity index (χ2n) is 7.34. The van der Waals surface area contributed by atoms with Crippen LogP contribution in [-0.2, 0) is 0 Å². The number of nitrogens with zero attached hydrogens (tertiary/aromatic N) is 2. The number of H-pyrrole nitrogens is 1. The van der Waals surface area contributed by atoms with Gasteiger partial charge in [0.15, 0.2) is 5.43 Å². The van der Waals surface area contributed by atoms with Crippen LogP contribution in [0.4, 0.5) is 0 Å². The first-order valence-corrected chi connectivity index (χ1v) is 9.49. The molecule has 1 aromatic heterocycles. The molecule has 0 radical (unpaired) electrons. The number of rotatable bonds is 2. The van der Waals surface area contributed by atoms with E-state index in [1.165, 1.54) is 0 Å². The summed E-state index contributed by atoms with van der Waals surface area (Å²) in [5.41, 5.74) is 4.11.